The van der Waals surface area contributed by atoms with E-state index in [1.165, 1.54) is 6.33 Å². The average Bonchev–Trinajstić information content (AvgIpc) is 3.04. The van der Waals surface area contributed by atoms with Crippen molar-refractivity contribution in [2.24, 2.45) is 0 Å². The van der Waals surface area contributed by atoms with Crippen LogP contribution in [0.4, 0.5) is 5.95 Å². The van der Waals surface area contributed by atoms with Crippen LogP contribution in [0, 0.1) is 0 Å². The minimum Gasteiger partial charge on any atom is -0.348 e. The van der Waals surface area contributed by atoms with Gasteiger partial charge in [0.25, 0.3) is 0 Å². The van der Waals surface area contributed by atoms with E-state index in [2.05, 4.69) is 60.4 Å². The fraction of sp³-hybridized carbons (Fsp3) is 0.143. The van der Waals surface area contributed by atoms with Crippen LogP contribution in [-0.2, 0) is 0 Å². The Kier molecular flexibility index (Phi) is 3.92. The van der Waals surface area contributed by atoms with Crippen LogP contribution >= 0.6 is 15.9 Å². The second kappa shape index (κ2) is 6.01. The first-order valence-corrected chi connectivity index (χ1v) is 7.21. The van der Waals surface area contributed by atoms with Gasteiger partial charge in [-0.05, 0) is 40.5 Å². The predicted octanol–water partition coefficient (Wildman–Crippen LogP) is 2.99. The first kappa shape index (κ1) is 13.7. The zero-order valence-corrected chi connectivity index (χ0v) is 12.9. The lowest BCUT2D eigenvalue weighted by atomic mass is 10.1. The number of nitrogens with one attached hydrogen (secondary N) is 1. The number of nitrogens with zero attached hydrogens (tertiary/aromatic N) is 5. The molecule has 3 rings (SSSR count). The molecule has 3 aromatic rings. The molecule has 0 saturated heterocycles. The summed E-state index contributed by atoms with van der Waals surface area (Å²) in [5.41, 5.74) is 2.09. The lowest BCUT2D eigenvalue weighted by Gasteiger charge is -2.15. The van der Waals surface area contributed by atoms with Crippen LogP contribution in [0.25, 0.3) is 5.69 Å². The van der Waals surface area contributed by atoms with Gasteiger partial charge in [-0.15, -0.1) is 0 Å². The molecule has 1 aromatic carbocycles. The van der Waals surface area contributed by atoms with E-state index in [1.807, 2.05) is 12.1 Å². The standard InChI is InChI=1S/C14H13BrN6/c1-10(20-14-17-6-12(15)7-18-14)11-3-2-4-13(5-11)21-9-16-8-19-21/h2-10H,1H3,(H,17,18,20). The maximum Gasteiger partial charge on any atom is 0.223 e. The normalized spacial score (nSPS) is 12.1. The van der Waals surface area contributed by atoms with Crippen molar-refractivity contribution >= 4 is 21.9 Å². The Hall–Kier alpha value is -2.28. The summed E-state index contributed by atoms with van der Waals surface area (Å²) < 4.78 is 2.58. The molecule has 0 amide bonds. The van der Waals surface area contributed by atoms with Gasteiger partial charge in [0, 0.05) is 12.4 Å². The lowest BCUT2D eigenvalue weighted by Crippen LogP contribution is -2.09. The Labute approximate surface area is 130 Å². The molecule has 2 heterocycles. The van der Waals surface area contributed by atoms with Crippen molar-refractivity contribution in [2.45, 2.75) is 13.0 Å². The van der Waals surface area contributed by atoms with E-state index in [-0.39, 0.29) is 6.04 Å². The molecule has 0 fully saturated rings. The maximum atomic E-state index is 4.22. The van der Waals surface area contributed by atoms with Crippen LogP contribution < -0.4 is 5.32 Å². The second-order valence-corrected chi connectivity index (χ2v) is 5.44. The quantitative estimate of drug-likeness (QED) is 0.787. The van der Waals surface area contributed by atoms with Crippen molar-refractivity contribution < 1.29 is 0 Å². The van der Waals surface area contributed by atoms with Crippen molar-refractivity contribution in [1.29, 1.82) is 0 Å². The molecule has 7 heteroatoms. The van der Waals surface area contributed by atoms with Crippen LogP contribution in [0.3, 0.4) is 0 Å². The first-order valence-electron chi connectivity index (χ1n) is 6.41. The Balaban J connectivity index is 1.80. The third-order valence-corrected chi connectivity index (χ3v) is 3.43. The molecule has 0 spiro atoms. The molecule has 1 atom stereocenters. The van der Waals surface area contributed by atoms with Crippen LogP contribution in [0.5, 0.6) is 0 Å². The van der Waals surface area contributed by atoms with Crippen molar-refractivity contribution in [3.05, 3.63) is 59.3 Å². The van der Waals surface area contributed by atoms with Crippen molar-refractivity contribution in [3.8, 4) is 5.69 Å². The maximum absolute atomic E-state index is 4.22. The topological polar surface area (TPSA) is 68.5 Å². The van der Waals surface area contributed by atoms with Gasteiger partial charge >= 0.3 is 0 Å². The number of anilines is 1. The molecule has 106 valence electrons. The summed E-state index contributed by atoms with van der Waals surface area (Å²) in [5.74, 6) is 0.594. The van der Waals surface area contributed by atoms with E-state index in [0.29, 0.717) is 5.95 Å². The molecule has 0 saturated carbocycles. The summed E-state index contributed by atoms with van der Waals surface area (Å²) >= 11 is 3.32. The molecule has 6 nitrogen and oxygen atoms in total. The molecule has 0 aliphatic carbocycles. The van der Waals surface area contributed by atoms with Gasteiger partial charge < -0.3 is 5.32 Å². The molecular weight excluding hydrogens is 332 g/mol. The summed E-state index contributed by atoms with van der Waals surface area (Å²) in [4.78, 5) is 12.4. The largest absolute Gasteiger partial charge is 0.348 e. The fourth-order valence-electron chi connectivity index (χ4n) is 1.94. The molecule has 0 aliphatic heterocycles. The van der Waals surface area contributed by atoms with Crippen LogP contribution in [0.15, 0.2) is 53.8 Å². The minimum absolute atomic E-state index is 0.0784. The number of benzene rings is 1. The number of rotatable bonds is 4. The molecule has 21 heavy (non-hydrogen) atoms. The van der Waals surface area contributed by atoms with E-state index in [0.717, 1.165) is 15.7 Å². The SMILES string of the molecule is CC(Nc1ncc(Br)cn1)c1cccc(-n2cncn2)c1. The zero-order chi connectivity index (χ0) is 14.7. The van der Waals surface area contributed by atoms with Gasteiger partial charge in [-0.3, -0.25) is 0 Å². The zero-order valence-electron chi connectivity index (χ0n) is 11.3. The van der Waals surface area contributed by atoms with Crippen LogP contribution in [-0.4, -0.2) is 24.7 Å². The molecule has 1 unspecified atom stereocenters. The van der Waals surface area contributed by atoms with E-state index in [9.17, 15) is 0 Å². The lowest BCUT2D eigenvalue weighted by molar-refractivity contribution is 0.841. The van der Waals surface area contributed by atoms with Gasteiger partial charge in [-0.2, -0.15) is 5.10 Å². The summed E-state index contributed by atoms with van der Waals surface area (Å²) in [5, 5.41) is 7.41. The summed E-state index contributed by atoms with van der Waals surface area (Å²) in [6.45, 7) is 2.06. The van der Waals surface area contributed by atoms with Crippen LogP contribution in [0.2, 0.25) is 0 Å². The van der Waals surface area contributed by atoms with Crippen molar-refractivity contribution in [2.75, 3.05) is 5.32 Å². The fourth-order valence-corrected chi connectivity index (χ4v) is 2.15. The van der Waals surface area contributed by atoms with Gasteiger partial charge in [0.05, 0.1) is 16.2 Å². The van der Waals surface area contributed by atoms with Crippen LogP contribution in [0.1, 0.15) is 18.5 Å². The Morgan fingerprint density at radius 2 is 2.05 bits per heavy atom. The van der Waals surface area contributed by atoms with E-state index < -0.39 is 0 Å². The van der Waals surface area contributed by atoms with E-state index in [1.54, 1.807) is 23.4 Å². The van der Waals surface area contributed by atoms with E-state index in [4.69, 9.17) is 0 Å². The summed E-state index contributed by atoms with van der Waals surface area (Å²) in [7, 11) is 0. The molecular formula is C14H13BrN6. The van der Waals surface area contributed by atoms with Gasteiger partial charge in [0.15, 0.2) is 0 Å². The Morgan fingerprint density at radius 1 is 1.24 bits per heavy atom. The highest BCUT2D eigenvalue weighted by atomic mass is 79.9. The highest BCUT2D eigenvalue weighted by molar-refractivity contribution is 9.10. The van der Waals surface area contributed by atoms with E-state index >= 15 is 0 Å². The molecule has 0 bridgehead atoms. The predicted molar refractivity (Wildman–Crippen MR) is 83.1 cm³/mol. The number of aromatic nitrogens is 5. The van der Waals surface area contributed by atoms with Crippen molar-refractivity contribution in [1.82, 2.24) is 24.7 Å². The highest BCUT2D eigenvalue weighted by Crippen LogP contribution is 2.19. The average molecular weight is 345 g/mol. The molecule has 2 aromatic heterocycles. The van der Waals surface area contributed by atoms with Gasteiger partial charge in [-0.25, -0.2) is 19.6 Å². The van der Waals surface area contributed by atoms with Crippen molar-refractivity contribution in [3.63, 3.8) is 0 Å². The monoisotopic (exact) mass is 344 g/mol. The molecule has 0 aliphatic rings. The third kappa shape index (κ3) is 3.25. The number of hydrogen-bond acceptors (Lipinski definition) is 5. The number of halogens is 1. The van der Waals surface area contributed by atoms with Gasteiger partial charge in [0.1, 0.15) is 12.7 Å². The Bertz CT molecular complexity index is 711. The van der Waals surface area contributed by atoms with Gasteiger partial charge in [0.2, 0.25) is 5.95 Å². The smallest absolute Gasteiger partial charge is 0.223 e. The minimum atomic E-state index is 0.0784. The van der Waals surface area contributed by atoms with Gasteiger partial charge in [-0.1, -0.05) is 12.1 Å². The molecule has 1 N–H and O–H groups in total. The third-order valence-electron chi connectivity index (χ3n) is 3.02. The Morgan fingerprint density at radius 3 is 2.76 bits per heavy atom. The second-order valence-electron chi connectivity index (χ2n) is 4.53. The summed E-state index contributed by atoms with van der Waals surface area (Å²) in [6.07, 6.45) is 6.63. The number of hydrogen-bond donors (Lipinski definition) is 1. The highest BCUT2D eigenvalue weighted by Gasteiger charge is 2.08. The molecule has 0 radical (unpaired) electrons. The first-order chi connectivity index (χ1) is 10.2. The summed E-state index contributed by atoms with van der Waals surface area (Å²) in [6, 6.07) is 8.17.